The first-order chi connectivity index (χ1) is 17.5. The number of halogens is 2. The van der Waals surface area contributed by atoms with Crippen molar-refractivity contribution in [3.05, 3.63) is 82.9 Å². The van der Waals surface area contributed by atoms with E-state index in [9.17, 15) is 13.9 Å². The van der Waals surface area contributed by atoms with Crippen molar-refractivity contribution in [1.82, 2.24) is 29.7 Å². The molecule has 8 nitrogen and oxygen atoms in total. The van der Waals surface area contributed by atoms with Crippen LogP contribution in [-0.2, 0) is 19.4 Å². The predicted molar refractivity (Wildman–Crippen MR) is 130 cm³/mol. The van der Waals surface area contributed by atoms with Gasteiger partial charge in [-0.3, -0.25) is 4.68 Å². The summed E-state index contributed by atoms with van der Waals surface area (Å²) in [4.78, 5) is 18.2. The van der Waals surface area contributed by atoms with E-state index in [0.717, 1.165) is 48.0 Å². The van der Waals surface area contributed by atoms with E-state index in [-0.39, 0.29) is 12.1 Å². The molecule has 10 heteroatoms. The molecular weight excluding hydrogens is 464 g/mol. The van der Waals surface area contributed by atoms with E-state index >= 15 is 0 Å². The molecule has 180 valence electrons. The lowest BCUT2D eigenvalue weighted by molar-refractivity contribution is 0.454. The molecule has 2 aromatic carbocycles. The maximum absolute atomic E-state index is 14.5. The van der Waals surface area contributed by atoms with E-state index in [1.807, 2.05) is 31.2 Å². The highest BCUT2D eigenvalue weighted by atomic mass is 19.1. The highest BCUT2D eigenvalue weighted by Gasteiger charge is 2.24. The number of aromatic nitrogens is 6. The maximum Gasteiger partial charge on any atom is 0.182 e. The van der Waals surface area contributed by atoms with Crippen molar-refractivity contribution in [3.63, 3.8) is 0 Å². The summed E-state index contributed by atoms with van der Waals surface area (Å²) in [6.07, 6.45) is 4.34. The summed E-state index contributed by atoms with van der Waals surface area (Å²) in [6, 6.07) is 11.0. The Morgan fingerprint density at radius 2 is 1.83 bits per heavy atom. The summed E-state index contributed by atoms with van der Waals surface area (Å²) in [6.45, 7) is 1.66. The first-order valence-corrected chi connectivity index (χ1v) is 11.6. The topological polar surface area (TPSA) is 102 Å². The van der Waals surface area contributed by atoms with Gasteiger partial charge in [0.25, 0.3) is 0 Å². The maximum atomic E-state index is 14.5. The van der Waals surface area contributed by atoms with Crippen molar-refractivity contribution in [2.45, 2.75) is 32.7 Å². The van der Waals surface area contributed by atoms with Crippen molar-refractivity contribution >= 4 is 22.5 Å². The lowest BCUT2D eigenvalue weighted by Crippen LogP contribution is -2.07. The number of para-hydroxylation sites is 1. The summed E-state index contributed by atoms with van der Waals surface area (Å²) < 4.78 is 30.5. The van der Waals surface area contributed by atoms with Crippen LogP contribution in [0.25, 0.3) is 22.4 Å². The number of hydrogen-bond donors (Lipinski definition) is 2. The summed E-state index contributed by atoms with van der Waals surface area (Å²) in [5.74, 6) is 0.220. The SMILES string of the molecule is Cc1nccc(Nc2nc(-c3nn(Cc4c(F)cc(O)cc4F)c4ccccc34)nc3c2CCC3)n1. The Bertz CT molecular complexity index is 1610. The third-order valence-electron chi connectivity index (χ3n) is 6.26. The number of aromatic hydroxyl groups is 1. The van der Waals surface area contributed by atoms with Crippen molar-refractivity contribution in [1.29, 1.82) is 0 Å². The number of phenols is 1. The van der Waals surface area contributed by atoms with E-state index in [0.29, 0.717) is 34.5 Å². The van der Waals surface area contributed by atoms with Crippen LogP contribution in [0.5, 0.6) is 5.75 Å². The quantitative estimate of drug-likeness (QED) is 0.367. The molecule has 3 heterocycles. The van der Waals surface area contributed by atoms with Gasteiger partial charge in [0.05, 0.1) is 12.1 Å². The number of fused-ring (bicyclic) bond motifs is 2. The van der Waals surface area contributed by atoms with E-state index < -0.39 is 17.4 Å². The third kappa shape index (κ3) is 3.90. The second-order valence-corrected chi connectivity index (χ2v) is 8.70. The number of benzene rings is 2. The smallest absolute Gasteiger partial charge is 0.182 e. The van der Waals surface area contributed by atoms with Crippen LogP contribution in [0.15, 0.2) is 48.7 Å². The summed E-state index contributed by atoms with van der Waals surface area (Å²) >= 11 is 0. The third-order valence-corrected chi connectivity index (χ3v) is 6.26. The molecule has 0 amide bonds. The van der Waals surface area contributed by atoms with Crippen molar-refractivity contribution in [2.24, 2.45) is 0 Å². The van der Waals surface area contributed by atoms with Crippen LogP contribution >= 0.6 is 0 Å². The molecule has 36 heavy (non-hydrogen) atoms. The zero-order chi connectivity index (χ0) is 24.8. The Hall–Kier alpha value is -4.47. The van der Waals surface area contributed by atoms with Gasteiger partial charge in [-0.05, 0) is 38.3 Å². The minimum Gasteiger partial charge on any atom is -0.508 e. The van der Waals surface area contributed by atoms with E-state index in [1.165, 1.54) is 4.68 Å². The minimum atomic E-state index is -0.839. The zero-order valence-corrected chi connectivity index (χ0v) is 19.3. The molecule has 0 fully saturated rings. The van der Waals surface area contributed by atoms with Gasteiger partial charge in [0.15, 0.2) is 5.82 Å². The van der Waals surface area contributed by atoms with Gasteiger partial charge in [-0.25, -0.2) is 28.7 Å². The molecule has 2 N–H and O–H groups in total. The van der Waals surface area contributed by atoms with Crippen LogP contribution in [0, 0.1) is 18.6 Å². The standard InChI is InChI=1S/C26H21F2N7O/c1-14-29-10-9-23(30-14)32-25-16-6-4-7-21(16)31-26(33-25)24-17-5-2-3-8-22(17)35(34-24)13-18-19(27)11-15(36)12-20(18)28/h2-3,5,8-12,36H,4,6-7,13H2,1H3,(H,29,30,31,32,33). The van der Waals surface area contributed by atoms with Crippen molar-refractivity contribution < 1.29 is 13.9 Å². The van der Waals surface area contributed by atoms with Gasteiger partial charge in [0, 0.05) is 40.5 Å². The fraction of sp³-hybridized carbons (Fsp3) is 0.192. The first-order valence-electron chi connectivity index (χ1n) is 11.6. The van der Waals surface area contributed by atoms with Crippen molar-refractivity contribution in [3.8, 4) is 17.3 Å². The van der Waals surface area contributed by atoms with Gasteiger partial charge in [0.2, 0.25) is 0 Å². The van der Waals surface area contributed by atoms with Crippen LogP contribution in [0.4, 0.5) is 20.4 Å². The Labute approximate surface area is 204 Å². The van der Waals surface area contributed by atoms with E-state index in [4.69, 9.17) is 9.97 Å². The zero-order valence-electron chi connectivity index (χ0n) is 19.3. The molecule has 5 aromatic rings. The predicted octanol–water partition coefficient (Wildman–Crippen LogP) is 4.86. The molecule has 1 aliphatic rings. The van der Waals surface area contributed by atoms with Gasteiger partial charge < -0.3 is 10.4 Å². The van der Waals surface area contributed by atoms with E-state index in [1.54, 1.807) is 12.3 Å². The van der Waals surface area contributed by atoms with Crippen LogP contribution in [0.1, 0.15) is 29.1 Å². The second-order valence-electron chi connectivity index (χ2n) is 8.70. The van der Waals surface area contributed by atoms with Crippen LogP contribution < -0.4 is 5.32 Å². The van der Waals surface area contributed by atoms with Crippen LogP contribution in [0.3, 0.4) is 0 Å². The first kappa shape index (κ1) is 22.0. The molecule has 6 rings (SSSR count). The fourth-order valence-electron chi connectivity index (χ4n) is 4.59. The Balaban J connectivity index is 1.47. The molecule has 3 aromatic heterocycles. The molecular formula is C26H21F2N7O. The Morgan fingerprint density at radius 3 is 2.64 bits per heavy atom. The largest absolute Gasteiger partial charge is 0.508 e. The highest BCUT2D eigenvalue weighted by molar-refractivity contribution is 5.92. The second kappa shape index (κ2) is 8.63. The van der Waals surface area contributed by atoms with Gasteiger partial charge in [-0.2, -0.15) is 5.10 Å². The van der Waals surface area contributed by atoms with Gasteiger partial charge in [0.1, 0.15) is 40.5 Å². The van der Waals surface area contributed by atoms with Gasteiger partial charge in [-0.1, -0.05) is 18.2 Å². The number of rotatable bonds is 5. The summed E-state index contributed by atoms with van der Waals surface area (Å²) in [7, 11) is 0. The Morgan fingerprint density at radius 1 is 1.03 bits per heavy atom. The molecule has 0 unspecified atom stereocenters. The fourth-order valence-corrected chi connectivity index (χ4v) is 4.59. The lowest BCUT2D eigenvalue weighted by Gasteiger charge is -2.11. The molecule has 1 aliphatic carbocycles. The number of phenolic OH excluding ortho intramolecular Hbond substituents is 1. The number of aryl methyl sites for hydroxylation is 2. The normalized spacial score (nSPS) is 12.8. The Kier molecular flexibility index (Phi) is 5.28. The molecule has 0 bridgehead atoms. The molecule has 0 aliphatic heterocycles. The minimum absolute atomic E-state index is 0.158. The van der Waals surface area contributed by atoms with Gasteiger partial charge in [-0.15, -0.1) is 0 Å². The van der Waals surface area contributed by atoms with Gasteiger partial charge >= 0.3 is 0 Å². The monoisotopic (exact) mass is 485 g/mol. The molecule has 0 spiro atoms. The van der Waals surface area contributed by atoms with E-state index in [2.05, 4.69) is 20.4 Å². The average Bonchev–Trinajstić information content (AvgIpc) is 3.46. The van der Waals surface area contributed by atoms with Crippen molar-refractivity contribution in [2.75, 3.05) is 5.32 Å². The number of anilines is 2. The number of nitrogens with zero attached hydrogens (tertiary/aromatic N) is 6. The number of nitrogens with one attached hydrogen (secondary N) is 1. The van der Waals surface area contributed by atoms with Crippen LogP contribution in [0.2, 0.25) is 0 Å². The molecule has 0 saturated carbocycles. The molecule has 0 atom stereocenters. The van der Waals surface area contributed by atoms with Crippen LogP contribution in [-0.4, -0.2) is 34.8 Å². The molecule has 0 saturated heterocycles. The lowest BCUT2D eigenvalue weighted by atomic mass is 10.1. The number of hydrogen-bond acceptors (Lipinski definition) is 7. The average molecular weight is 485 g/mol. The summed E-state index contributed by atoms with van der Waals surface area (Å²) in [5, 5.41) is 18.3. The summed E-state index contributed by atoms with van der Waals surface area (Å²) in [5.41, 5.74) is 3.00. The highest BCUT2D eigenvalue weighted by Crippen LogP contribution is 2.33. The molecule has 0 radical (unpaired) electrons.